The molecule has 0 aliphatic heterocycles. The molecule has 3 aromatic rings. The molecule has 8 nitrogen and oxygen atoms in total. The lowest BCUT2D eigenvalue weighted by atomic mass is 10.1. The summed E-state index contributed by atoms with van der Waals surface area (Å²) in [5.74, 6) is -0.270. The lowest BCUT2D eigenvalue weighted by Crippen LogP contribution is -2.15. The second kappa shape index (κ2) is 6.75. The van der Waals surface area contributed by atoms with E-state index in [4.69, 9.17) is 0 Å². The van der Waals surface area contributed by atoms with E-state index >= 15 is 0 Å². The Morgan fingerprint density at radius 3 is 2.73 bits per heavy atom. The number of non-ortho nitro benzene ring substituents is 1. The highest BCUT2D eigenvalue weighted by Gasteiger charge is 2.18. The predicted octanol–water partition coefficient (Wildman–Crippen LogP) is 3.16. The predicted molar refractivity (Wildman–Crippen MR) is 98.1 cm³/mol. The second-order valence-electron chi connectivity index (χ2n) is 5.82. The third-order valence-electron chi connectivity index (χ3n) is 3.91. The van der Waals surface area contributed by atoms with Gasteiger partial charge in [0.05, 0.1) is 21.6 Å². The summed E-state index contributed by atoms with van der Waals surface area (Å²) < 4.78 is 0. The minimum Gasteiger partial charge on any atom is -0.325 e. The number of aromatic nitrogens is 2. The normalized spacial score (nSPS) is 10.7. The molecule has 1 amide bonds. The van der Waals surface area contributed by atoms with E-state index in [0.29, 0.717) is 16.7 Å². The van der Waals surface area contributed by atoms with Crippen molar-refractivity contribution in [3.8, 4) is 11.3 Å². The molecule has 8 heteroatoms. The van der Waals surface area contributed by atoms with E-state index in [1.54, 1.807) is 19.1 Å². The number of amides is 1. The molecule has 0 fully saturated rings. The van der Waals surface area contributed by atoms with Crippen LogP contribution in [0.5, 0.6) is 0 Å². The first-order valence-corrected chi connectivity index (χ1v) is 7.98. The highest BCUT2D eigenvalue weighted by molar-refractivity contribution is 5.95. The summed E-state index contributed by atoms with van der Waals surface area (Å²) in [6, 6.07) is 9.31. The monoisotopic (exact) mass is 352 g/mol. The summed E-state index contributed by atoms with van der Waals surface area (Å²) >= 11 is 0. The van der Waals surface area contributed by atoms with E-state index in [1.165, 1.54) is 18.2 Å². The van der Waals surface area contributed by atoms with Crippen LogP contribution in [0, 0.1) is 17.0 Å². The molecule has 132 valence electrons. The number of anilines is 1. The fraction of sp³-hybridized carbons (Fsp3) is 0.167. The molecule has 26 heavy (non-hydrogen) atoms. The van der Waals surface area contributed by atoms with Gasteiger partial charge in [0.15, 0.2) is 0 Å². The number of aromatic amines is 1. The van der Waals surface area contributed by atoms with Crippen LogP contribution in [0.3, 0.4) is 0 Å². The number of carbonyl (C=O) groups excluding carboxylic acids is 1. The number of hydrogen-bond acceptors (Lipinski definition) is 5. The Labute approximate surface area is 148 Å². The molecule has 1 aromatic heterocycles. The molecule has 2 N–H and O–H groups in total. The first kappa shape index (κ1) is 17.3. The van der Waals surface area contributed by atoms with Gasteiger partial charge in [0.25, 0.3) is 11.2 Å². The Morgan fingerprint density at radius 2 is 2.04 bits per heavy atom. The van der Waals surface area contributed by atoms with Crippen molar-refractivity contribution in [3.63, 3.8) is 0 Å². The van der Waals surface area contributed by atoms with Crippen molar-refractivity contribution in [2.75, 3.05) is 5.32 Å². The smallest absolute Gasteiger partial charge is 0.275 e. The molecule has 0 unspecified atom stereocenters. The largest absolute Gasteiger partial charge is 0.325 e. The van der Waals surface area contributed by atoms with Crippen LogP contribution in [0.15, 0.2) is 41.2 Å². The minimum atomic E-state index is -0.562. The van der Waals surface area contributed by atoms with Gasteiger partial charge in [-0.3, -0.25) is 19.7 Å². The van der Waals surface area contributed by atoms with Gasteiger partial charge < -0.3 is 10.3 Å². The first-order valence-electron chi connectivity index (χ1n) is 7.98. The fourth-order valence-electron chi connectivity index (χ4n) is 2.57. The molecule has 1 heterocycles. The molecule has 0 aliphatic rings. The Kier molecular flexibility index (Phi) is 4.49. The van der Waals surface area contributed by atoms with Gasteiger partial charge >= 0.3 is 0 Å². The standard InChI is InChI=1S/C18H16N4O4/c1-3-16(23)19-13-7-5-11(22(25)26)9-12(13)17-18(24)21-15-8-10(2)4-6-14(15)20-17/h4-9H,3H2,1-2H3,(H,19,23)(H,21,24). The number of fused-ring (bicyclic) bond motifs is 1. The maximum absolute atomic E-state index is 12.5. The van der Waals surface area contributed by atoms with Crippen molar-refractivity contribution in [2.45, 2.75) is 20.3 Å². The number of nitro benzene ring substituents is 1. The zero-order valence-electron chi connectivity index (χ0n) is 14.2. The molecule has 2 aromatic carbocycles. The number of rotatable bonds is 4. The van der Waals surface area contributed by atoms with Crippen molar-refractivity contribution in [3.05, 3.63) is 62.4 Å². The van der Waals surface area contributed by atoms with Crippen LogP contribution in [0.1, 0.15) is 18.9 Å². The number of benzene rings is 2. The van der Waals surface area contributed by atoms with E-state index < -0.39 is 10.5 Å². The average Bonchev–Trinajstić information content (AvgIpc) is 2.61. The average molecular weight is 352 g/mol. The van der Waals surface area contributed by atoms with Crippen LogP contribution in [0.2, 0.25) is 0 Å². The topological polar surface area (TPSA) is 118 Å². The summed E-state index contributed by atoms with van der Waals surface area (Å²) in [6.07, 6.45) is 0.233. The van der Waals surface area contributed by atoms with Crippen LogP contribution >= 0.6 is 0 Å². The molecule has 0 saturated carbocycles. The molecule has 0 aliphatic carbocycles. The number of carbonyl (C=O) groups is 1. The Morgan fingerprint density at radius 1 is 1.27 bits per heavy atom. The first-order chi connectivity index (χ1) is 12.4. The molecule has 0 atom stereocenters. The molecular formula is C18H16N4O4. The number of nitrogens with zero attached hydrogens (tertiary/aromatic N) is 2. The quantitative estimate of drug-likeness (QED) is 0.552. The van der Waals surface area contributed by atoms with Gasteiger partial charge in [-0.05, 0) is 30.7 Å². The molecule has 0 spiro atoms. The molecular weight excluding hydrogens is 336 g/mol. The summed E-state index contributed by atoms with van der Waals surface area (Å²) in [7, 11) is 0. The maximum atomic E-state index is 12.5. The number of aryl methyl sites for hydroxylation is 1. The number of hydrogen-bond donors (Lipinski definition) is 2. The van der Waals surface area contributed by atoms with Crippen molar-refractivity contribution < 1.29 is 9.72 Å². The van der Waals surface area contributed by atoms with Gasteiger partial charge in [-0.2, -0.15) is 0 Å². The Hall–Kier alpha value is -3.55. The number of H-pyrrole nitrogens is 1. The van der Waals surface area contributed by atoms with Crippen molar-refractivity contribution in [1.82, 2.24) is 9.97 Å². The summed E-state index contributed by atoms with van der Waals surface area (Å²) in [6.45, 7) is 3.58. The van der Waals surface area contributed by atoms with E-state index in [2.05, 4.69) is 15.3 Å². The fourth-order valence-corrected chi connectivity index (χ4v) is 2.57. The lowest BCUT2D eigenvalue weighted by molar-refractivity contribution is -0.384. The summed E-state index contributed by atoms with van der Waals surface area (Å²) in [4.78, 5) is 42.0. The van der Waals surface area contributed by atoms with Gasteiger partial charge in [0, 0.05) is 24.1 Å². The van der Waals surface area contributed by atoms with Crippen LogP contribution in [0.25, 0.3) is 22.3 Å². The van der Waals surface area contributed by atoms with Gasteiger partial charge in [-0.25, -0.2) is 4.98 Å². The van der Waals surface area contributed by atoms with Gasteiger partial charge in [-0.1, -0.05) is 13.0 Å². The third-order valence-corrected chi connectivity index (χ3v) is 3.91. The number of nitrogens with one attached hydrogen (secondary N) is 2. The Balaban J connectivity index is 2.25. The van der Waals surface area contributed by atoms with Crippen molar-refractivity contribution in [1.29, 1.82) is 0 Å². The van der Waals surface area contributed by atoms with Crippen LogP contribution in [-0.4, -0.2) is 20.8 Å². The summed E-state index contributed by atoms with van der Waals surface area (Å²) in [5, 5.41) is 13.8. The van der Waals surface area contributed by atoms with Crippen LogP contribution in [-0.2, 0) is 4.79 Å². The van der Waals surface area contributed by atoms with Crippen LogP contribution < -0.4 is 10.9 Å². The van der Waals surface area contributed by atoms with E-state index in [0.717, 1.165) is 5.56 Å². The van der Waals surface area contributed by atoms with Crippen molar-refractivity contribution in [2.24, 2.45) is 0 Å². The lowest BCUT2D eigenvalue weighted by Gasteiger charge is -2.10. The molecule has 0 radical (unpaired) electrons. The molecule has 3 rings (SSSR count). The SMILES string of the molecule is CCC(=O)Nc1ccc([N+](=O)[O-])cc1-c1nc2ccc(C)cc2[nH]c1=O. The van der Waals surface area contributed by atoms with E-state index in [1.807, 2.05) is 13.0 Å². The van der Waals surface area contributed by atoms with E-state index in [-0.39, 0.29) is 29.3 Å². The van der Waals surface area contributed by atoms with Gasteiger partial charge in [0.2, 0.25) is 5.91 Å². The number of nitro groups is 1. The zero-order chi connectivity index (χ0) is 18.8. The van der Waals surface area contributed by atoms with Gasteiger partial charge in [0.1, 0.15) is 5.69 Å². The zero-order valence-corrected chi connectivity index (χ0v) is 14.2. The van der Waals surface area contributed by atoms with Crippen LogP contribution in [0.4, 0.5) is 11.4 Å². The highest BCUT2D eigenvalue weighted by Crippen LogP contribution is 2.29. The van der Waals surface area contributed by atoms with Crippen molar-refractivity contribution >= 4 is 28.3 Å². The highest BCUT2D eigenvalue weighted by atomic mass is 16.6. The summed E-state index contributed by atoms with van der Waals surface area (Å²) in [5.41, 5.74) is 1.91. The molecule has 0 bridgehead atoms. The Bertz CT molecular complexity index is 1090. The van der Waals surface area contributed by atoms with Gasteiger partial charge in [-0.15, -0.1) is 0 Å². The second-order valence-corrected chi connectivity index (χ2v) is 5.82. The minimum absolute atomic E-state index is 0.0106. The molecule has 0 saturated heterocycles. The maximum Gasteiger partial charge on any atom is 0.275 e. The van der Waals surface area contributed by atoms with E-state index in [9.17, 15) is 19.7 Å². The third kappa shape index (κ3) is 3.30.